The predicted molar refractivity (Wildman–Crippen MR) is 80.9 cm³/mol. The van der Waals surface area contributed by atoms with Crippen molar-refractivity contribution < 1.29 is 4.74 Å². The number of unbranched alkanes of at least 4 members (excludes halogenated alkanes) is 2. The van der Waals surface area contributed by atoms with E-state index in [0.717, 1.165) is 17.8 Å². The molecule has 19 heavy (non-hydrogen) atoms. The lowest BCUT2D eigenvalue weighted by molar-refractivity contribution is -0.0551. The standard InChI is InChI=1S/C18H30O/c1-3-5-6-11-17-16-10-8-7-9-15(16)12-13-18(17)19-14-4-2/h2,15-18H,3,5-14H2,1H3. The Bertz CT molecular complexity index is 291. The van der Waals surface area contributed by atoms with E-state index in [0.29, 0.717) is 12.7 Å². The number of terminal acetylenes is 1. The van der Waals surface area contributed by atoms with Crippen molar-refractivity contribution in [3.63, 3.8) is 0 Å². The molecule has 4 unspecified atom stereocenters. The minimum atomic E-state index is 0.451. The Morgan fingerprint density at radius 2 is 1.95 bits per heavy atom. The lowest BCUT2D eigenvalue weighted by atomic mass is 9.63. The molecule has 2 rings (SSSR count). The molecule has 2 aliphatic rings. The van der Waals surface area contributed by atoms with Gasteiger partial charge in [-0.1, -0.05) is 51.4 Å². The SMILES string of the molecule is C#CCOC1CCC2CCCCC2C1CCCCC. The van der Waals surface area contributed by atoms with Crippen LogP contribution in [0, 0.1) is 30.1 Å². The third-order valence-electron chi connectivity index (χ3n) is 5.34. The molecule has 1 heteroatoms. The topological polar surface area (TPSA) is 9.23 Å². The zero-order valence-electron chi connectivity index (χ0n) is 12.6. The molecular formula is C18H30O. The van der Waals surface area contributed by atoms with Crippen LogP contribution >= 0.6 is 0 Å². The summed E-state index contributed by atoms with van der Waals surface area (Å²) >= 11 is 0. The number of rotatable bonds is 6. The van der Waals surface area contributed by atoms with Gasteiger partial charge >= 0.3 is 0 Å². The number of hydrogen-bond donors (Lipinski definition) is 0. The van der Waals surface area contributed by atoms with Gasteiger partial charge in [0.2, 0.25) is 0 Å². The van der Waals surface area contributed by atoms with Gasteiger partial charge in [0.15, 0.2) is 0 Å². The fourth-order valence-corrected chi connectivity index (χ4v) is 4.42. The zero-order valence-corrected chi connectivity index (χ0v) is 12.6. The van der Waals surface area contributed by atoms with Gasteiger partial charge in [0.1, 0.15) is 6.61 Å². The van der Waals surface area contributed by atoms with Crippen molar-refractivity contribution >= 4 is 0 Å². The fourth-order valence-electron chi connectivity index (χ4n) is 4.42. The van der Waals surface area contributed by atoms with Crippen LogP contribution in [0.4, 0.5) is 0 Å². The predicted octanol–water partition coefficient (Wildman–Crippen LogP) is 4.80. The van der Waals surface area contributed by atoms with E-state index in [9.17, 15) is 0 Å². The normalized spacial score (nSPS) is 34.5. The molecule has 0 radical (unpaired) electrons. The number of ether oxygens (including phenoxy) is 1. The lowest BCUT2D eigenvalue weighted by Crippen LogP contribution is -2.41. The van der Waals surface area contributed by atoms with Crippen molar-refractivity contribution in [2.75, 3.05) is 6.61 Å². The van der Waals surface area contributed by atoms with Crippen LogP contribution in [0.15, 0.2) is 0 Å². The van der Waals surface area contributed by atoms with E-state index >= 15 is 0 Å². The Morgan fingerprint density at radius 3 is 2.74 bits per heavy atom. The molecule has 108 valence electrons. The van der Waals surface area contributed by atoms with Crippen LogP contribution in [0.25, 0.3) is 0 Å². The molecule has 0 aliphatic heterocycles. The van der Waals surface area contributed by atoms with Gasteiger partial charge in [-0.25, -0.2) is 0 Å². The quantitative estimate of drug-likeness (QED) is 0.493. The maximum atomic E-state index is 5.99. The van der Waals surface area contributed by atoms with Crippen molar-refractivity contribution in [1.82, 2.24) is 0 Å². The number of hydrogen-bond acceptors (Lipinski definition) is 1. The van der Waals surface area contributed by atoms with Crippen LogP contribution in [-0.4, -0.2) is 12.7 Å². The summed E-state index contributed by atoms with van der Waals surface area (Å²) in [6.07, 6.45) is 19.7. The molecule has 0 saturated heterocycles. The summed E-state index contributed by atoms with van der Waals surface area (Å²) in [6.45, 7) is 2.79. The molecule has 0 aromatic carbocycles. The zero-order chi connectivity index (χ0) is 13.5. The van der Waals surface area contributed by atoms with Crippen molar-refractivity contribution in [2.24, 2.45) is 17.8 Å². The first-order valence-corrected chi connectivity index (χ1v) is 8.41. The van der Waals surface area contributed by atoms with E-state index in [-0.39, 0.29) is 0 Å². The molecule has 1 nitrogen and oxygen atoms in total. The second-order valence-corrected chi connectivity index (χ2v) is 6.50. The summed E-state index contributed by atoms with van der Waals surface area (Å²) in [5.41, 5.74) is 0. The summed E-state index contributed by atoms with van der Waals surface area (Å²) in [5.74, 6) is 5.37. The molecule has 0 N–H and O–H groups in total. The third-order valence-corrected chi connectivity index (χ3v) is 5.34. The fraction of sp³-hybridized carbons (Fsp3) is 0.889. The highest BCUT2D eigenvalue weighted by molar-refractivity contribution is 4.92. The Morgan fingerprint density at radius 1 is 1.11 bits per heavy atom. The Balaban J connectivity index is 1.95. The monoisotopic (exact) mass is 262 g/mol. The summed E-state index contributed by atoms with van der Waals surface area (Å²) in [6, 6.07) is 0. The lowest BCUT2D eigenvalue weighted by Gasteiger charge is -2.45. The molecule has 0 bridgehead atoms. The van der Waals surface area contributed by atoms with E-state index in [1.807, 2.05) is 0 Å². The average Bonchev–Trinajstić information content (AvgIpc) is 2.46. The van der Waals surface area contributed by atoms with Crippen LogP contribution in [0.1, 0.15) is 71.1 Å². The minimum absolute atomic E-state index is 0.451. The van der Waals surface area contributed by atoms with Gasteiger partial charge in [0.25, 0.3) is 0 Å². The summed E-state index contributed by atoms with van der Waals surface area (Å²) in [4.78, 5) is 0. The van der Waals surface area contributed by atoms with Gasteiger partial charge in [0, 0.05) is 0 Å². The van der Waals surface area contributed by atoms with Crippen LogP contribution in [0.2, 0.25) is 0 Å². The molecule has 0 aromatic rings. The summed E-state index contributed by atoms with van der Waals surface area (Å²) in [7, 11) is 0. The molecule has 4 atom stereocenters. The van der Waals surface area contributed by atoms with Crippen molar-refractivity contribution in [1.29, 1.82) is 0 Å². The molecule has 2 aliphatic carbocycles. The first-order chi connectivity index (χ1) is 9.36. The maximum absolute atomic E-state index is 5.99. The van der Waals surface area contributed by atoms with Crippen LogP contribution < -0.4 is 0 Å². The van der Waals surface area contributed by atoms with Gasteiger partial charge in [-0.3, -0.25) is 0 Å². The molecule has 0 heterocycles. The smallest absolute Gasteiger partial charge is 0.107 e. The van der Waals surface area contributed by atoms with E-state index in [2.05, 4.69) is 12.8 Å². The Hall–Kier alpha value is -0.480. The maximum Gasteiger partial charge on any atom is 0.107 e. The highest BCUT2D eigenvalue weighted by atomic mass is 16.5. The minimum Gasteiger partial charge on any atom is -0.365 e. The highest BCUT2D eigenvalue weighted by Gasteiger charge is 2.40. The van der Waals surface area contributed by atoms with Crippen molar-refractivity contribution in [2.45, 2.75) is 77.2 Å². The van der Waals surface area contributed by atoms with Crippen LogP contribution in [0.3, 0.4) is 0 Å². The second-order valence-electron chi connectivity index (χ2n) is 6.50. The molecular weight excluding hydrogens is 232 g/mol. The van der Waals surface area contributed by atoms with Crippen LogP contribution in [-0.2, 0) is 4.74 Å². The van der Waals surface area contributed by atoms with Gasteiger partial charge in [-0.05, 0) is 43.4 Å². The summed E-state index contributed by atoms with van der Waals surface area (Å²) < 4.78 is 5.99. The van der Waals surface area contributed by atoms with Crippen LogP contribution in [0.5, 0.6) is 0 Å². The van der Waals surface area contributed by atoms with Gasteiger partial charge in [0.05, 0.1) is 6.10 Å². The Labute approximate surface area is 119 Å². The molecule has 0 aromatic heterocycles. The molecule has 0 spiro atoms. The van der Waals surface area contributed by atoms with E-state index in [1.54, 1.807) is 0 Å². The largest absolute Gasteiger partial charge is 0.365 e. The van der Waals surface area contributed by atoms with E-state index < -0.39 is 0 Å². The van der Waals surface area contributed by atoms with Crippen molar-refractivity contribution in [3.05, 3.63) is 0 Å². The Kier molecular flexibility index (Phi) is 6.24. The van der Waals surface area contributed by atoms with Gasteiger partial charge in [-0.15, -0.1) is 6.42 Å². The molecule has 0 amide bonds. The van der Waals surface area contributed by atoms with Crippen molar-refractivity contribution in [3.8, 4) is 12.3 Å². The first kappa shape index (κ1) is 14.9. The second kappa shape index (κ2) is 7.95. The number of fused-ring (bicyclic) bond motifs is 1. The van der Waals surface area contributed by atoms with Gasteiger partial charge < -0.3 is 4.74 Å². The van der Waals surface area contributed by atoms with Gasteiger partial charge in [-0.2, -0.15) is 0 Å². The molecule has 2 fully saturated rings. The third kappa shape index (κ3) is 3.99. The average molecular weight is 262 g/mol. The first-order valence-electron chi connectivity index (χ1n) is 8.41. The molecule has 2 saturated carbocycles. The van der Waals surface area contributed by atoms with E-state index in [4.69, 9.17) is 11.2 Å². The van der Waals surface area contributed by atoms with E-state index in [1.165, 1.54) is 64.2 Å². The highest BCUT2D eigenvalue weighted by Crippen LogP contribution is 2.46. The summed E-state index contributed by atoms with van der Waals surface area (Å²) in [5, 5.41) is 0.